The van der Waals surface area contributed by atoms with Crippen LogP contribution >= 0.6 is 45.5 Å². The van der Waals surface area contributed by atoms with E-state index in [0.717, 1.165) is 14.7 Å². The van der Waals surface area contributed by atoms with E-state index in [0.29, 0.717) is 39.2 Å². The second-order valence-electron chi connectivity index (χ2n) is 8.21. The minimum absolute atomic E-state index is 0.00568. The Hall–Kier alpha value is -2.95. The molecule has 1 N–H and O–H groups in total. The summed E-state index contributed by atoms with van der Waals surface area (Å²) in [7, 11) is 0. The SMILES string of the molecule is CCCOc1cccc(/C(O)=C2\C(=O)C(=O)N(c3nc4ccc(Cl)cc4s3)C2c2ccc(I)cc2)c1. The van der Waals surface area contributed by atoms with Gasteiger partial charge in [0.05, 0.1) is 28.4 Å². The highest BCUT2D eigenvalue weighted by atomic mass is 127. The first kappa shape index (κ1) is 24.7. The lowest BCUT2D eigenvalue weighted by Gasteiger charge is -2.23. The molecule has 4 aromatic rings. The van der Waals surface area contributed by atoms with Crippen LogP contribution in [-0.4, -0.2) is 28.4 Å². The third-order valence-corrected chi connectivity index (χ3v) is 7.73. The van der Waals surface area contributed by atoms with Crippen LogP contribution in [0.25, 0.3) is 16.0 Å². The van der Waals surface area contributed by atoms with Crippen molar-refractivity contribution >= 4 is 78.3 Å². The monoisotopic (exact) mass is 630 g/mol. The molecule has 0 bridgehead atoms. The fourth-order valence-electron chi connectivity index (χ4n) is 4.09. The first-order valence-electron chi connectivity index (χ1n) is 11.2. The zero-order chi connectivity index (χ0) is 25.4. The van der Waals surface area contributed by atoms with Gasteiger partial charge in [-0.2, -0.15) is 0 Å². The van der Waals surface area contributed by atoms with Gasteiger partial charge in [-0.3, -0.25) is 14.5 Å². The van der Waals surface area contributed by atoms with Crippen molar-refractivity contribution in [3.63, 3.8) is 0 Å². The maximum atomic E-state index is 13.4. The molecule has 0 spiro atoms. The van der Waals surface area contributed by atoms with Crippen molar-refractivity contribution in [1.82, 2.24) is 4.98 Å². The number of aliphatic hydroxyl groups is 1. The molecule has 1 fully saturated rings. The number of halogens is 2. The summed E-state index contributed by atoms with van der Waals surface area (Å²) in [6.07, 6.45) is 0.835. The van der Waals surface area contributed by atoms with Crippen LogP contribution in [0.5, 0.6) is 5.75 Å². The van der Waals surface area contributed by atoms with Gasteiger partial charge >= 0.3 is 5.91 Å². The topological polar surface area (TPSA) is 79.7 Å². The van der Waals surface area contributed by atoms with Gasteiger partial charge in [-0.15, -0.1) is 0 Å². The normalized spacial score (nSPS) is 17.2. The van der Waals surface area contributed by atoms with Crippen molar-refractivity contribution in [3.8, 4) is 5.75 Å². The fraction of sp³-hybridized carbons (Fsp3) is 0.148. The Kier molecular flexibility index (Phi) is 7.00. The van der Waals surface area contributed by atoms with Gasteiger partial charge in [0.1, 0.15) is 11.5 Å². The summed E-state index contributed by atoms with van der Waals surface area (Å²) >= 11 is 9.61. The molecule has 3 aromatic carbocycles. The fourth-order valence-corrected chi connectivity index (χ4v) is 5.72. The number of rotatable bonds is 6. The summed E-state index contributed by atoms with van der Waals surface area (Å²) in [5.41, 5.74) is 1.76. The Labute approximate surface area is 230 Å². The molecule has 1 saturated heterocycles. The zero-order valence-corrected chi connectivity index (χ0v) is 22.8. The maximum absolute atomic E-state index is 13.4. The minimum Gasteiger partial charge on any atom is -0.507 e. The number of ketones is 1. The van der Waals surface area contributed by atoms with Gasteiger partial charge < -0.3 is 9.84 Å². The van der Waals surface area contributed by atoms with E-state index < -0.39 is 17.7 Å². The summed E-state index contributed by atoms with van der Waals surface area (Å²) in [6, 6.07) is 18.8. The van der Waals surface area contributed by atoms with E-state index in [9.17, 15) is 14.7 Å². The predicted molar refractivity (Wildman–Crippen MR) is 151 cm³/mol. The number of anilines is 1. The zero-order valence-electron chi connectivity index (χ0n) is 19.1. The number of Topliss-reactive ketones (excluding diaryl/α,β-unsaturated/α-hetero) is 1. The van der Waals surface area contributed by atoms with E-state index in [4.69, 9.17) is 16.3 Å². The molecule has 1 amide bonds. The van der Waals surface area contributed by atoms with Crippen molar-refractivity contribution in [2.45, 2.75) is 19.4 Å². The predicted octanol–water partition coefficient (Wildman–Crippen LogP) is 6.97. The number of benzene rings is 3. The molecule has 1 atom stereocenters. The van der Waals surface area contributed by atoms with Crippen molar-refractivity contribution in [2.75, 3.05) is 11.5 Å². The van der Waals surface area contributed by atoms with E-state index in [1.165, 1.54) is 16.2 Å². The average Bonchev–Trinajstić information content (AvgIpc) is 3.40. The lowest BCUT2D eigenvalue weighted by molar-refractivity contribution is -0.132. The van der Waals surface area contributed by atoms with Crippen LogP contribution in [0.2, 0.25) is 5.02 Å². The van der Waals surface area contributed by atoms with E-state index in [1.807, 2.05) is 31.2 Å². The van der Waals surface area contributed by atoms with E-state index >= 15 is 0 Å². The Bertz CT molecular complexity index is 1520. The molecule has 1 unspecified atom stereocenters. The summed E-state index contributed by atoms with van der Waals surface area (Å²) in [5.74, 6) is -1.20. The van der Waals surface area contributed by atoms with Gasteiger partial charge in [0.2, 0.25) is 0 Å². The molecule has 2 heterocycles. The number of carbonyl (C=O) groups is 2. The Morgan fingerprint density at radius 3 is 2.67 bits per heavy atom. The van der Waals surface area contributed by atoms with Crippen molar-refractivity contribution in [3.05, 3.63) is 92.0 Å². The molecule has 0 aliphatic carbocycles. The molecule has 1 aliphatic heterocycles. The highest BCUT2D eigenvalue weighted by Crippen LogP contribution is 2.44. The number of aromatic nitrogens is 1. The van der Waals surface area contributed by atoms with Crippen LogP contribution in [0.15, 0.2) is 72.3 Å². The molecular formula is C27H20ClIN2O4S. The largest absolute Gasteiger partial charge is 0.507 e. The standard InChI is InChI=1S/C27H20ClIN2O4S/c1-2-12-35-19-5-3-4-16(13-19)24(32)22-23(15-6-9-18(29)10-7-15)31(26(34)25(22)33)27-30-20-11-8-17(28)14-21(20)36-27/h3-11,13-14,23,32H,2,12H2,1H3/b24-22+. The van der Waals surface area contributed by atoms with Gasteiger partial charge in [0.25, 0.3) is 5.78 Å². The summed E-state index contributed by atoms with van der Waals surface area (Å²) < 4.78 is 7.50. The Morgan fingerprint density at radius 1 is 1.14 bits per heavy atom. The lowest BCUT2D eigenvalue weighted by Crippen LogP contribution is -2.29. The van der Waals surface area contributed by atoms with E-state index in [1.54, 1.807) is 42.5 Å². The second kappa shape index (κ2) is 10.2. The summed E-state index contributed by atoms with van der Waals surface area (Å²) in [4.78, 5) is 32.8. The highest BCUT2D eigenvalue weighted by molar-refractivity contribution is 14.1. The molecule has 0 saturated carbocycles. The number of thiazole rings is 1. The van der Waals surface area contributed by atoms with Crippen LogP contribution in [0.1, 0.15) is 30.5 Å². The molecule has 5 rings (SSSR count). The highest BCUT2D eigenvalue weighted by Gasteiger charge is 2.48. The van der Waals surface area contributed by atoms with Gasteiger partial charge in [-0.1, -0.05) is 54.1 Å². The molecule has 1 aliphatic rings. The number of hydrogen-bond donors (Lipinski definition) is 1. The first-order valence-corrected chi connectivity index (χ1v) is 13.5. The van der Waals surface area contributed by atoms with Gasteiger partial charge in [0, 0.05) is 14.2 Å². The number of fused-ring (bicyclic) bond motifs is 1. The first-order chi connectivity index (χ1) is 17.4. The Morgan fingerprint density at radius 2 is 1.92 bits per heavy atom. The molecule has 182 valence electrons. The van der Waals surface area contributed by atoms with Gasteiger partial charge in [-0.25, -0.2) is 4.98 Å². The smallest absolute Gasteiger partial charge is 0.301 e. The van der Waals surface area contributed by atoms with E-state index in [2.05, 4.69) is 27.6 Å². The van der Waals surface area contributed by atoms with Crippen LogP contribution in [-0.2, 0) is 9.59 Å². The van der Waals surface area contributed by atoms with Crippen molar-refractivity contribution < 1.29 is 19.4 Å². The second-order valence-corrected chi connectivity index (χ2v) is 10.9. The van der Waals surface area contributed by atoms with Crippen molar-refractivity contribution in [1.29, 1.82) is 0 Å². The van der Waals surface area contributed by atoms with Crippen LogP contribution in [0, 0.1) is 3.57 Å². The lowest BCUT2D eigenvalue weighted by atomic mass is 9.95. The number of aliphatic hydroxyl groups excluding tert-OH is 1. The third kappa shape index (κ3) is 4.60. The number of hydrogen-bond acceptors (Lipinski definition) is 6. The molecule has 0 radical (unpaired) electrons. The van der Waals surface area contributed by atoms with Crippen LogP contribution in [0.3, 0.4) is 0 Å². The van der Waals surface area contributed by atoms with Gasteiger partial charge in [-0.05, 0) is 77.0 Å². The quantitative estimate of drug-likeness (QED) is 0.108. The Balaban J connectivity index is 1.68. The van der Waals surface area contributed by atoms with Crippen LogP contribution < -0.4 is 9.64 Å². The average molecular weight is 631 g/mol. The molecule has 9 heteroatoms. The van der Waals surface area contributed by atoms with E-state index in [-0.39, 0.29) is 11.3 Å². The number of ether oxygens (including phenoxy) is 1. The third-order valence-electron chi connectivity index (χ3n) is 5.76. The van der Waals surface area contributed by atoms with Crippen molar-refractivity contribution in [2.24, 2.45) is 0 Å². The minimum atomic E-state index is -0.849. The number of amides is 1. The van der Waals surface area contributed by atoms with Gasteiger partial charge in [0.15, 0.2) is 5.13 Å². The molecule has 1 aromatic heterocycles. The molecule has 6 nitrogen and oxygen atoms in total. The maximum Gasteiger partial charge on any atom is 0.301 e. The van der Waals surface area contributed by atoms with Crippen LogP contribution in [0.4, 0.5) is 5.13 Å². The number of nitrogens with zero attached hydrogens (tertiary/aromatic N) is 2. The number of carbonyl (C=O) groups excluding carboxylic acids is 2. The molecular weight excluding hydrogens is 611 g/mol. The summed E-state index contributed by atoms with van der Waals surface area (Å²) in [6.45, 7) is 2.53. The molecule has 36 heavy (non-hydrogen) atoms. The summed E-state index contributed by atoms with van der Waals surface area (Å²) in [5, 5.41) is 12.3.